The summed E-state index contributed by atoms with van der Waals surface area (Å²) in [5.41, 5.74) is 1.97. The molecule has 0 aliphatic carbocycles. The molecule has 24 heavy (non-hydrogen) atoms. The van der Waals surface area contributed by atoms with Gasteiger partial charge in [0.05, 0.1) is 5.75 Å². The van der Waals surface area contributed by atoms with Gasteiger partial charge in [-0.25, -0.2) is 12.7 Å². The molecule has 0 spiro atoms. The number of nitrogens with one attached hydrogen (secondary N) is 1. The summed E-state index contributed by atoms with van der Waals surface area (Å²) < 4.78 is 25.9. The van der Waals surface area contributed by atoms with E-state index in [2.05, 4.69) is 5.32 Å². The highest BCUT2D eigenvalue weighted by Crippen LogP contribution is 2.22. The van der Waals surface area contributed by atoms with Crippen LogP contribution in [0.5, 0.6) is 0 Å². The fourth-order valence-corrected chi connectivity index (χ4v) is 4.48. The first-order chi connectivity index (χ1) is 11.3. The minimum atomic E-state index is -3.27. The van der Waals surface area contributed by atoms with Crippen molar-refractivity contribution in [3.05, 3.63) is 35.4 Å². The Hall–Kier alpha value is -1.44. The third kappa shape index (κ3) is 4.55. The lowest BCUT2D eigenvalue weighted by molar-refractivity contribution is -0.125. The lowest BCUT2D eigenvalue weighted by Crippen LogP contribution is -2.41. The van der Waals surface area contributed by atoms with Crippen molar-refractivity contribution >= 4 is 15.9 Å². The number of benzene rings is 1. The van der Waals surface area contributed by atoms with Crippen molar-refractivity contribution in [2.45, 2.75) is 25.8 Å². The molecule has 0 radical (unpaired) electrons. The number of nitrogens with zero attached hydrogens (tertiary/aromatic N) is 2. The van der Waals surface area contributed by atoms with Gasteiger partial charge < -0.3 is 5.32 Å². The number of hydrogen-bond acceptors (Lipinski definition) is 4. The summed E-state index contributed by atoms with van der Waals surface area (Å²) in [6, 6.07) is 7.31. The van der Waals surface area contributed by atoms with Gasteiger partial charge in [0.25, 0.3) is 0 Å². The van der Waals surface area contributed by atoms with Crippen molar-refractivity contribution in [2.24, 2.45) is 0 Å². The van der Waals surface area contributed by atoms with E-state index in [0.717, 1.165) is 24.0 Å². The highest BCUT2D eigenvalue weighted by Gasteiger charge is 2.27. The number of sulfonamides is 1. The van der Waals surface area contributed by atoms with Crippen molar-refractivity contribution in [3.63, 3.8) is 0 Å². The van der Waals surface area contributed by atoms with E-state index in [0.29, 0.717) is 13.1 Å². The van der Waals surface area contributed by atoms with Crippen LogP contribution in [0.3, 0.4) is 0 Å². The van der Waals surface area contributed by atoms with E-state index in [4.69, 9.17) is 0 Å². The van der Waals surface area contributed by atoms with Gasteiger partial charge in [0.1, 0.15) is 6.04 Å². The van der Waals surface area contributed by atoms with Gasteiger partial charge >= 0.3 is 0 Å². The molecule has 1 aromatic carbocycles. The summed E-state index contributed by atoms with van der Waals surface area (Å²) in [4.78, 5) is 14.4. The second-order valence-corrected chi connectivity index (χ2v) is 8.52. The monoisotopic (exact) mass is 353 g/mol. The molecule has 0 bridgehead atoms. The summed E-state index contributed by atoms with van der Waals surface area (Å²) in [6.45, 7) is 3.30. The minimum Gasteiger partial charge on any atom is -0.353 e. The third-order valence-corrected chi connectivity index (χ3v) is 6.24. The molecule has 0 saturated carbocycles. The van der Waals surface area contributed by atoms with Crippen LogP contribution in [-0.4, -0.2) is 63.0 Å². The fourth-order valence-electron chi connectivity index (χ4n) is 3.04. The van der Waals surface area contributed by atoms with Crippen molar-refractivity contribution in [2.75, 3.05) is 39.5 Å². The third-order valence-electron chi connectivity index (χ3n) is 4.37. The van der Waals surface area contributed by atoms with E-state index in [-0.39, 0.29) is 18.2 Å². The van der Waals surface area contributed by atoms with Crippen LogP contribution < -0.4 is 5.32 Å². The van der Waals surface area contributed by atoms with E-state index in [9.17, 15) is 13.2 Å². The largest absolute Gasteiger partial charge is 0.353 e. The molecule has 1 amide bonds. The van der Waals surface area contributed by atoms with Crippen LogP contribution in [-0.2, 0) is 14.8 Å². The summed E-state index contributed by atoms with van der Waals surface area (Å²) in [6.07, 6.45) is 1.84. The molecule has 134 valence electrons. The summed E-state index contributed by atoms with van der Waals surface area (Å²) in [5, 5.41) is 2.78. The van der Waals surface area contributed by atoms with Crippen molar-refractivity contribution < 1.29 is 13.2 Å². The van der Waals surface area contributed by atoms with Crippen LogP contribution in [0, 0.1) is 6.92 Å². The molecule has 1 aliphatic rings. The smallest absolute Gasteiger partial charge is 0.241 e. The van der Waals surface area contributed by atoms with Gasteiger partial charge in [-0.3, -0.25) is 9.69 Å². The van der Waals surface area contributed by atoms with Crippen LogP contribution in [0.2, 0.25) is 0 Å². The molecular weight excluding hydrogens is 326 g/mol. The predicted molar refractivity (Wildman–Crippen MR) is 95.2 cm³/mol. The van der Waals surface area contributed by atoms with Gasteiger partial charge in [0.15, 0.2) is 0 Å². The maximum Gasteiger partial charge on any atom is 0.241 e. The predicted octanol–water partition coefficient (Wildman–Crippen LogP) is 1.14. The van der Waals surface area contributed by atoms with Gasteiger partial charge in [-0.1, -0.05) is 24.3 Å². The van der Waals surface area contributed by atoms with Gasteiger partial charge in [-0.05, 0) is 45.0 Å². The molecule has 7 heteroatoms. The molecular formula is C17H27N3O3S. The first-order valence-electron chi connectivity index (χ1n) is 8.30. The number of rotatable bonds is 7. The molecule has 1 atom stereocenters. The van der Waals surface area contributed by atoms with Crippen LogP contribution in [0.25, 0.3) is 0 Å². The molecule has 1 aliphatic heterocycles. The number of aryl methyl sites for hydroxylation is 1. The van der Waals surface area contributed by atoms with Crippen molar-refractivity contribution in [3.8, 4) is 0 Å². The average Bonchev–Trinajstić information content (AvgIpc) is 3.04. The highest BCUT2D eigenvalue weighted by molar-refractivity contribution is 7.89. The number of carbonyl (C=O) groups excluding carboxylic acids is 1. The number of carbonyl (C=O) groups is 1. The second-order valence-electron chi connectivity index (χ2n) is 6.44. The first kappa shape index (κ1) is 18.9. The van der Waals surface area contributed by atoms with Crippen LogP contribution in [0.15, 0.2) is 24.3 Å². The highest BCUT2D eigenvalue weighted by atomic mass is 32.2. The quantitative estimate of drug-likeness (QED) is 0.798. The second kappa shape index (κ2) is 8.09. The molecule has 2 rings (SSSR count). The Morgan fingerprint density at radius 2 is 1.88 bits per heavy atom. The maximum absolute atomic E-state index is 12.6. The van der Waals surface area contributed by atoms with Crippen LogP contribution in [0.1, 0.15) is 30.0 Å². The van der Waals surface area contributed by atoms with E-state index in [1.54, 1.807) is 0 Å². The Balaban J connectivity index is 1.98. The topological polar surface area (TPSA) is 69.7 Å². The van der Waals surface area contributed by atoms with E-state index in [1.807, 2.05) is 50.2 Å². The lowest BCUT2D eigenvalue weighted by atomic mass is 10.00. The van der Waals surface area contributed by atoms with Gasteiger partial charge in [-0.15, -0.1) is 0 Å². The Labute approximate surface area is 144 Å². The van der Waals surface area contributed by atoms with Crippen molar-refractivity contribution in [1.82, 2.24) is 14.5 Å². The number of likely N-dealkylation sites (N-methyl/N-ethyl adjacent to an activating group) is 1. The molecule has 0 aromatic heterocycles. The normalized spacial score (nSPS) is 17.2. The zero-order chi connectivity index (χ0) is 17.7. The minimum absolute atomic E-state index is 0.0489. The fraction of sp³-hybridized carbons (Fsp3) is 0.588. The molecule has 6 nitrogen and oxygen atoms in total. The molecule has 1 aromatic rings. The van der Waals surface area contributed by atoms with Gasteiger partial charge in [0.2, 0.25) is 15.9 Å². The Bertz CT molecular complexity index is 667. The molecule has 1 N–H and O–H groups in total. The summed E-state index contributed by atoms with van der Waals surface area (Å²) >= 11 is 0. The molecule has 1 saturated heterocycles. The molecule has 1 heterocycles. The first-order valence-corrected chi connectivity index (χ1v) is 9.91. The lowest BCUT2D eigenvalue weighted by Gasteiger charge is -2.25. The summed E-state index contributed by atoms with van der Waals surface area (Å²) in [7, 11) is 0.420. The van der Waals surface area contributed by atoms with E-state index in [1.165, 1.54) is 4.31 Å². The van der Waals surface area contributed by atoms with Crippen LogP contribution in [0.4, 0.5) is 0 Å². The van der Waals surface area contributed by atoms with Gasteiger partial charge in [-0.2, -0.15) is 0 Å². The van der Waals surface area contributed by atoms with Crippen LogP contribution >= 0.6 is 0 Å². The zero-order valence-electron chi connectivity index (χ0n) is 14.7. The standard InChI is InChI=1S/C17H27N3O3S/c1-14-8-4-5-9-15(14)16(19(2)3)17(21)18-10-13-24(22,23)20-11-6-7-12-20/h4-5,8-9,16H,6-7,10-13H2,1-3H3,(H,18,21)/t16-/m1/s1. The molecule has 1 fully saturated rings. The Morgan fingerprint density at radius 3 is 2.46 bits per heavy atom. The molecule has 0 unspecified atom stereocenters. The van der Waals surface area contributed by atoms with Gasteiger partial charge in [0, 0.05) is 19.6 Å². The number of amides is 1. The Kier molecular flexibility index (Phi) is 6.37. The van der Waals surface area contributed by atoms with E-state index < -0.39 is 16.1 Å². The van der Waals surface area contributed by atoms with Crippen molar-refractivity contribution in [1.29, 1.82) is 0 Å². The summed E-state index contributed by atoms with van der Waals surface area (Å²) in [5.74, 6) is -0.224. The maximum atomic E-state index is 12.6. The average molecular weight is 353 g/mol. The SMILES string of the molecule is Cc1ccccc1[C@H](C(=O)NCCS(=O)(=O)N1CCCC1)N(C)C. The van der Waals surface area contributed by atoms with E-state index >= 15 is 0 Å². The zero-order valence-corrected chi connectivity index (χ0v) is 15.5. The Morgan fingerprint density at radius 1 is 1.25 bits per heavy atom. The number of hydrogen-bond donors (Lipinski definition) is 1.